The van der Waals surface area contributed by atoms with Crippen LogP contribution in [0, 0.1) is 5.82 Å². The molecule has 2 aromatic rings. The molecular weight excluding hydrogens is 358 g/mol. The van der Waals surface area contributed by atoms with E-state index >= 15 is 0 Å². The number of hydrogen-bond acceptors (Lipinski definition) is 1. The van der Waals surface area contributed by atoms with E-state index in [1.165, 1.54) is 12.1 Å². The highest BCUT2D eigenvalue weighted by molar-refractivity contribution is 6.33. The molecular formula is C18H16ClF4NO. The van der Waals surface area contributed by atoms with Crippen LogP contribution in [0.1, 0.15) is 35.3 Å². The maximum Gasteiger partial charge on any atom is 0.416 e. The Morgan fingerprint density at radius 3 is 2.32 bits per heavy atom. The lowest BCUT2D eigenvalue weighted by Crippen LogP contribution is -2.37. The van der Waals surface area contributed by atoms with Crippen LogP contribution in [-0.2, 0) is 11.6 Å². The van der Waals surface area contributed by atoms with Gasteiger partial charge in [0.15, 0.2) is 0 Å². The number of amides is 1. The van der Waals surface area contributed by atoms with Gasteiger partial charge < -0.3 is 5.32 Å². The van der Waals surface area contributed by atoms with Crippen LogP contribution < -0.4 is 5.32 Å². The molecule has 0 heterocycles. The first kappa shape index (κ1) is 19.2. The number of hydrogen-bond donors (Lipinski definition) is 1. The van der Waals surface area contributed by atoms with Crippen LogP contribution in [0.3, 0.4) is 0 Å². The van der Waals surface area contributed by atoms with Gasteiger partial charge in [-0.25, -0.2) is 4.39 Å². The fraction of sp³-hybridized carbons (Fsp3) is 0.278. The predicted molar refractivity (Wildman–Crippen MR) is 88.2 cm³/mol. The van der Waals surface area contributed by atoms with Crippen LogP contribution in [0.25, 0.3) is 0 Å². The summed E-state index contributed by atoms with van der Waals surface area (Å²) in [5.41, 5.74) is -0.953. The molecule has 0 radical (unpaired) electrons. The first-order chi connectivity index (χ1) is 11.5. The van der Waals surface area contributed by atoms with Gasteiger partial charge in [-0.2, -0.15) is 13.2 Å². The Balaban J connectivity index is 2.15. The van der Waals surface area contributed by atoms with Crippen molar-refractivity contribution >= 4 is 17.5 Å². The number of carbonyl (C=O) groups excluding carboxylic acids is 1. The molecule has 0 bridgehead atoms. The van der Waals surface area contributed by atoms with Gasteiger partial charge in [-0.15, -0.1) is 0 Å². The van der Waals surface area contributed by atoms with E-state index in [1.807, 2.05) is 0 Å². The van der Waals surface area contributed by atoms with E-state index in [1.54, 1.807) is 19.9 Å². The fourth-order valence-corrected chi connectivity index (χ4v) is 2.54. The van der Waals surface area contributed by atoms with Gasteiger partial charge in [-0.05, 0) is 29.8 Å². The Kier molecular flexibility index (Phi) is 5.42. The van der Waals surface area contributed by atoms with Crippen molar-refractivity contribution in [3.05, 3.63) is 70.0 Å². The summed E-state index contributed by atoms with van der Waals surface area (Å²) in [5.74, 6) is -1.09. The predicted octanol–water partition coefficient (Wildman–Crippen LogP) is 5.21. The van der Waals surface area contributed by atoms with E-state index in [0.717, 1.165) is 24.3 Å². The van der Waals surface area contributed by atoms with Gasteiger partial charge in [0.25, 0.3) is 5.91 Å². The monoisotopic (exact) mass is 373 g/mol. The van der Waals surface area contributed by atoms with Gasteiger partial charge in [0.1, 0.15) is 5.82 Å². The smallest absolute Gasteiger partial charge is 0.351 e. The van der Waals surface area contributed by atoms with Crippen LogP contribution in [0.15, 0.2) is 42.5 Å². The minimum atomic E-state index is -4.43. The van der Waals surface area contributed by atoms with Gasteiger partial charge in [0.2, 0.25) is 0 Å². The lowest BCUT2D eigenvalue weighted by Gasteiger charge is -2.26. The largest absolute Gasteiger partial charge is 0.416 e. The molecule has 7 heteroatoms. The summed E-state index contributed by atoms with van der Waals surface area (Å²) < 4.78 is 51.6. The zero-order chi connectivity index (χ0) is 18.8. The van der Waals surface area contributed by atoms with E-state index in [-0.39, 0.29) is 17.1 Å². The maximum atomic E-state index is 13.0. The average Bonchev–Trinajstić information content (AvgIpc) is 2.52. The number of halogens is 5. The summed E-state index contributed by atoms with van der Waals surface area (Å²) in [5, 5.41) is 2.60. The molecule has 0 spiro atoms. The van der Waals surface area contributed by atoms with Gasteiger partial charge in [-0.1, -0.05) is 43.6 Å². The SMILES string of the molecule is CC(C)(CNC(=O)c1ccc(F)cc1Cl)c1cccc(C(F)(F)F)c1. The van der Waals surface area contributed by atoms with Crippen LogP contribution in [0.5, 0.6) is 0 Å². The molecule has 0 aliphatic heterocycles. The minimum absolute atomic E-state index is 0.0330. The molecule has 0 aliphatic carbocycles. The summed E-state index contributed by atoms with van der Waals surface area (Å²) in [7, 11) is 0. The lowest BCUT2D eigenvalue weighted by molar-refractivity contribution is -0.137. The van der Waals surface area contributed by atoms with Crippen LogP contribution in [-0.4, -0.2) is 12.5 Å². The number of benzene rings is 2. The van der Waals surface area contributed by atoms with E-state index in [2.05, 4.69) is 5.32 Å². The zero-order valence-corrected chi connectivity index (χ0v) is 14.3. The molecule has 0 aliphatic rings. The molecule has 25 heavy (non-hydrogen) atoms. The molecule has 0 aromatic heterocycles. The molecule has 0 saturated carbocycles. The molecule has 1 N–H and O–H groups in total. The van der Waals surface area contributed by atoms with Crippen molar-refractivity contribution in [3.8, 4) is 0 Å². The van der Waals surface area contributed by atoms with Crippen molar-refractivity contribution in [1.82, 2.24) is 5.32 Å². The zero-order valence-electron chi connectivity index (χ0n) is 13.5. The molecule has 2 rings (SSSR count). The molecule has 2 aromatic carbocycles. The van der Waals surface area contributed by atoms with Crippen molar-refractivity contribution < 1.29 is 22.4 Å². The highest BCUT2D eigenvalue weighted by Crippen LogP contribution is 2.32. The van der Waals surface area contributed by atoms with Crippen molar-refractivity contribution in [2.75, 3.05) is 6.54 Å². The fourth-order valence-electron chi connectivity index (χ4n) is 2.29. The topological polar surface area (TPSA) is 29.1 Å². The number of nitrogens with one attached hydrogen (secondary N) is 1. The third-order valence-corrected chi connectivity index (χ3v) is 4.15. The average molecular weight is 374 g/mol. The van der Waals surface area contributed by atoms with Crippen molar-refractivity contribution in [2.24, 2.45) is 0 Å². The van der Waals surface area contributed by atoms with Crippen molar-refractivity contribution in [3.63, 3.8) is 0 Å². The maximum absolute atomic E-state index is 13.0. The summed E-state index contributed by atoms with van der Waals surface area (Å²) in [6.45, 7) is 3.52. The lowest BCUT2D eigenvalue weighted by atomic mass is 9.83. The van der Waals surface area contributed by atoms with Crippen LogP contribution >= 0.6 is 11.6 Å². The second-order valence-electron chi connectivity index (χ2n) is 6.27. The normalized spacial score (nSPS) is 12.1. The number of carbonyl (C=O) groups is 1. The summed E-state index contributed by atoms with van der Waals surface area (Å²) in [6, 6.07) is 8.36. The van der Waals surface area contributed by atoms with E-state index < -0.39 is 28.9 Å². The molecule has 1 amide bonds. The Hall–Kier alpha value is -2.08. The minimum Gasteiger partial charge on any atom is -0.351 e. The quantitative estimate of drug-likeness (QED) is 0.733. The highest BCUT2D eigenvalue weighted by atomic mass is 35.5. The summed E-state index contributed by atoms with van der Waals surface area (Å²) >= 11 is 5.84. The van der Waals surface area contributed by atoms with Gasteiger partial charge in [-0.3, -0.25) is 4.79 Å². The van der Waals surface area contributed by atoms with Crippen LogP contribution in [0.4, 0.5) is 17.6 Å². The van der Waals surface area contributed by atoms with Crippen molar-refractivity contribution in [1.29, 1.82) is 0 Å². The number of rotatable bonds is 4. The first-order valence-corrected chi connectivity index (χ1v) is 7.79. The molecule has 0 atom stereocenters. The van der Waals surface area contributed by atoms with Crippen molar-refractivity contribution in [2.45, 2.75) is 25.4 Å². The molecule has 0 fully saturated rings. The second-order valence-corrected chi connectivity index (χ2v) is 6.68. The van der Waals surface area contributed by atoms with Gasteiger partial charge >= 0.3 is 6.18 Å². The Morgan fingerprint density at radius 1 is 1.08 bits per heavy atom. The third-order valence-electron chi connectivity index (χ3n) is 3.84. The van der Waals surface area contributed by atoms with Crippen LogP contribution in [0.2, 0.25) is 5.02 Å². The number of alkyl halides is 3. The van der Waals surface area contributed by atoms with Gasteiger partial charge in [0.05, 0.1) is 16.1 Å². The first-order valence-electron chi connectivity index (χ1n) is 7.42. The summed E-state index contributed by atoms with van der Waals surface area (Å²) in [4.78, 5) is 12.2. The molecule has 0 unspecified atom stereocenters. The Bertz CT molecular complexity index is 787. The Morgan fingerprint density at radius 2 is 1.72 bits per heavy atom. The van der Waals surface area contributed by atoms with E-state index in [9.17, 15) is 22.4 Å². The molecule has 134 valence electrons. The second kappa shape index (κ2) is 7.04. The van der Waals surface area contributed by atoms with Gasteiger partial charge in [0, 0.05) is 12.0 Å². The van der Waals surface area contributed by atoms with E-state index in [0.29, 0.717) is 5.56 Å². The summed E-state index contributed by atoms with van der Waals surface area (Å²) in [6.07, 6.45) is -4.43. The standard InChI is InChI=1S/C18H16ClF4NO/c1-17(2,11-4-3-5-12(8-11)18(21,22)23)10-24-16(25)14-7-6-13(20)9-15(14)19/h3-9H,10H2,1-2H3,(H,24,25). The highest BCUT2D eigenvalue weighted by Gasteiger charge is 2.32. The third kappa shape index (κ3) is 4.72. The Labute approximate surface area is 147 Å². The molecule has 2 nitrogen and oxygen atoms in total. The molecule has 0 saturated heterocycles. The van der Waals surface area contributed by atoms with E-state index in [4.69, 9.17) is 11.6 Å².